The Morgan fingerprint density at radius 3 is 1.65 bits per heavy atom. The maximum absolute atomic E-state index is 10.6. The van der Waals surface area contributed by atoms with Gasteiger partial charge in [-0.2, -0.15) is 0 Å². The quantitative estimate of drug-likeness (QED) is 0.796. The standard InChI is InChI=1S/C11H14O2.C5H12O2/c1-11(2,3)9-6-4-8(5-7-9)10(12)13;1-4(6)3-5(2)7/h4-7H,1-3H3,(H,12,13);4-7H,3H2,1-2H3. The Balaban J connectivity index is 0.000000441. The molecular weight excluding hydrogens is 256 g/mol. The first-order valence-electron chi connectivity index (χ1n) is 6.74. The van der Waals surface area contributed by atoms with Gasteiger partial charge in [0.05, 0.1) is 17.8 Å². The summed E-state index contributed by atoms with van der Waals surface area (Å²) in [5.41, 5.74) is 1.57. The van der Waals surface area contributed by atoms with Crippen molar-refractivity contribution in [3.05, 3.63) is 35.4 Å². The van der Waals surface area contributed by atoms with Crippen molar-refractivity contribution in [2.24, 2.45) is 0 Å². The molecule has 0 amide bonds. The topological polar surface area (TPSA) is 77.8 Å². The lowest BCUT2D eigenvalue weighted by Gasteiger charge is -2.18. The first kappa shape index (κ1) is 18.6. The van der Waals surface area contributed by atoms with Gasteiger partial charge in [0.2, 0.25) is 0 Å². The number of hydrogen-bond acceptors (Lipinski definition) is 3. The molecule has 0 aliphatic rings. The Bertz CT molecular complexity index is 393. The first-order valence-corrected chi connectivity index (χ1v) is 6.74. The summed E-state index contributed by atoms with van der Waals surface area (Å²) in [6.45, 7) is 9.62. The maximum atomic E-state index is 10.6. The number of aromatic carboxylic acids is 1. The molecule has 2 atom stereocenters. The number of carbonyl (C=O) groups is 1. The van der Waals surface area contributed by atoms with Gasteiger partial charge in [-0.1, -0.05) is 32.9 Å². The first-order chi connectivity index (χ1) is 9.04. The SMILES string of the molecule is CC(C)(C)c1ccc(C(=O)O)cc1.CC(O)CC(C)O. The van der Waals surface area contributed by atoms with Gasteiger partial charge in [0, 0.05) is 0 Å². The van der Waals surface area contributed by atoms with Gasteiger partial charge in [0.1, 0.15) is 0 Å². The molecular formula is C16H26O4. The van der Waals surface area contributed by atoms with E-state index in [9.17, 15) is 4.79 Å². The average molecular weight is 282 g/mol. The summed E-state index contributed by atoms with van der Waals surface area (Å²) in [7, 11) is 0. The lowest BCUT2D eigenvalue weighted by Crippen LogP contribution is -2.11. The highest BCUT2D eigenvalue weighted by Gasteiger charge is 2.13. The van der Waals surface area contributed by atoms with Crippen LogP contribution in [0.4, 0.5) is 0 Å². The zero-order valence-electron chi connectivity index (χ0n) is 12.9. The molecule has 20 heavy (non-hydrogen) atoms. The second kappa shape index (κ2) is 8.02. The summed E-state index contributed by atoms with van der Waals surface area (Å²) in [4.78, 5) is 10.6. The van der Waals surface area contributed by atoms with Crippen molar-refractivity contribution in [3.63, 3.8) is 0 Å². The zero-order valence-corrected chi connectivity index (χ0v) is 12.9. The Labute approximate surface area is 121 Å². The fourth-order valence-electron chi connectivity index (χ4n) is 1.61. The van der Waals surface area contributed by atoms with Crippen molar-refractivity contribution >= 4 is 5.97 Å². The fourth-order valence-corrected chi connectivity index (χ4v) is 1.61. The van der Waals surface area contributed by atoms with Gasteiger partial charge in [-0.25, -0.2) is 4.79 Å². The number of rotatable bonds is 3. The Hall–Kier alpha value is -1.39. The molecule has 0 bridgehead atoms. The minimum atomic E-state index is -0.875. The van der Waals surface area contributed by atoms with E-state index in [1.165, 1.54) is 0 Å². The molecule has 114 valence electrons. The van der Waals surface area contributed by atoms with E-state index in [1.807, 2.05) is 12.1 Å². The largest absolute Gasteiger partial charge is 0.478 e. The highest BCUT2D eigenvalue weighted by molar-refractivity contribution is 5.87. The number of carboxylic acids is 1. The Morgan fingerprint density at radius 2 is 1.45 bits per heavy atom. The van der Waals surface area contributed by atoms with Crippen LogP contribution >= 0.6 is 0 Å². The number of benzene rings is 1. The fraction of sp³-hybridized carbons (Fsp3) is 0.562. The van der Waals surface area contributed by atoms with Crippen LogP contribution in [-0.4, -0.2) is 33.5 Å². The van der Waals surface area contributed by atoms with Gasteiger partial charge in [-0.15, -0.1) is 0 Å². The average Bonchev–Trinajstić information content (AvgIpc) is 2.26. The van der Waals surface area contributed by atoms with Crippen LogP contribution in [0.5, 0.6) is 0 Å². The molecule has 0 saturated carbocycles. The molecule has 0 saturated heterocycles. The van der Waals surface area contributed by atoms with Crippen molar-refractivity contribution in [2.45, 2.75) is 58.7 Å². The van der Waals surface area contributed by atoms with Crippen LogP contribution in [0.1, 0.15) is 57.0 Å². The molecule has 0 aromatic heterocycles. The summed E-state index contributed by atoms with van der Waals surface area (Å²) in [5.74, 6) is -0.875. The number of carboxylic acid groups (broad SMARTS) is 1. The van der Waals surface area contributed by atoms with Crippen LogP contribution in [0.2, 0.25) is 0 Å². The van der Waals surface area contributed by atoms with Gasteiger partial charge >= 0.3 is 5.97 Å². The normalized spacial score (nSPS) is 13.9. The predicted molar refractivity (Wildman–Crippen MR) is 80.1 cm³/mol. The van der Waals surface area contributed by atoms with Gasteiger partial charge in [-0.3, -0.25) is 0 Å². The molecule has 0 aliphatic heterocycles. The third kappa shape index (κ3) is 7.92. The van der Waals surface area contributed by atoms with Crippen LogP contribution in [0.15, 0.2) is 24.3 Å². The van der Waals surface area contributed by atoms with Gasteiger partial charge in [0.25, 0.3) is 0 Å². The van der Waals surface area contributed by atoms with Gasteiger partial charge < -0.3 is 15.3 Å². The van der Waals surface area contributed by atoms with Crippen molar-refractivity contribution in [3.8, 4) is 0 Å². The molecule has 2 unspecified atom stereocenters. The molecule has 0 heterocycles. The lowest BCUT2D eigenvalue weighted by atomic mass is 9.87. The third-order valence-electron chi connectivity index (χ3n) is 2.68. The second-order valence-electron chi connectivity index (χ2n) is 6.07. The van der Waals surface area contributed by atoms with Gasteiger partial charge in [0.15, 0.2) is 0 Å². The number of aliphatic hydroxyl groups excluding tert-OH is 2. The zero-order chi connectivity index (χ0) is 15.9. The van der Waals surface area contributed by atoms with Crippen LogP contribution < -0.4 is 0 Å². The molecule has 0 spiro atoms. The number of aliphatic hydroxyl groups is 2. The molecule has 1 aromatic carbocycles. The summed E-state index contributed by atoms with van der Waals surface area (Å²) in [6, 6.07) is 7.01. The minimum absolute atomic E-state index is 0.0804. The van der Waals surface area contributed by atoms with Crippen molar-refractivity contribution in [2.75, 3.05) is 0 Å². The van der Waals surface area contributed by atoms with Crippen LogP contribution in [0.25, 0.3) is 0 Å². The van der Waals surface area contributed by atoms with Crippen molar-refractivity contribution in [1.29, 1.82) is 0 Å². The monoisotopic (exact) mass is 282 g/mol. The van der Waals surface area contributed by atoms with E-state index in [-0.39, 0.29) is 17.6 Å². The highest BCUT2D eigenvalue weighted by atomic mass is 16.4. The predicted octanol–water partition coefficient (Wildman–Crippen LogP) is 2.82. The summed E-state index contributed by atoms with van der Waals surface area (Å²) in [6.07, 6.45) is -0.278. The third-order valence-corrected chi connectivity index (χ3v) is 2.68. The molecule has 1 aromatic rings. The van der Waals surface area contributed by atoms with Gasteiger partial charge in [-0.05, 0) is 43.4 Å². The van der Waals surface area contributed by atoms with Crippen molar-refractivity contribution in [1.82, 2.24) is 0 Å². The van der Waals surface area contributed by atoms with E-state index in [4.69, 9.17) is 15.3 Å². The van der Waals surface area contributed by atoms with E-state index >= 15 is 0 Å². The summed E-state index contributed by atoms with van der Waals surface area (Å²) >= 11 is 0. The molecule has 4 heteroatoms. The van der Waals surface area contributed by atoms with E-state index < -0.39 is 5.97 Å². The Kier molecular flexibility index (Phi) is 7.46. The van der Waals surface area contributed by atoms with E-state index in [0.717, 1.165) is 5.56 Å². The Morgan fingerprint density at radius 1 is 1.05 bits per heavy atom. The molecule has 3 N–H and O–H groups in total. The van der Waals surface area contributed by atoms with Crippen LogP contribution in [0, 0.1) is 0 Å². The molecule has 0 fully saturated rings. The van der Waals surface area contributed by atoms with E-state index in [2.05, 4.69) is 20.8 Å². The van der Waals surface area contributed by atoms with E-state index in [0.29, 0.717) is 12.0 Å². The van der Waals surface area contributed by atoms with E-state index in [1.54, 1.807) is 26.0 Å². The molecule has 0 radical (unpaired) electrons. The minimum Gasteiger partial charge on any atom is -0.478 e. The molecule has 4 nitrogen and oxygen atoms in total. The highest BCUT2D eigenvalue weighted by Crippen LogP contribution is 2.21. The van der Waals surface area contributed by atoms with Crippen LogP contribution in [-0.2, 0) is 5.41 Å². The van der Waals surface area contributed by atoms with Crippen molar-refractivity contribution < 1.29 is 20.1 Å². The molecule has 0 aliphatic carbocycles. The summed E-state index contributed by atoms with van der Waals surface area (Å²) < 4.78 is 0. The maximum Gasteiger partial charge on any atom is 0.335 e. The summed E-state index contributed by atoms with van der Waals surface area (Å²) in [5, 5.41) is 25.8. The number of hydrogen-bond donors (Lipinski definition) is 3. The molecule has 1 rings (SSSR count). The lowest BCUT2D eigenvalue weighted by molar-refractivity contribution is 0.0696. The smallest absolute Gasteiger partial charge is 0.335 e. The van der Waals surface area contributed by atoms with Crippen LogP contribution in [0.3, 0.4) is 0 Å². The second-order valence-corrected chi connectivity index (χ2v) is 6.07.